The number of H-pyrrole nitrogens is 1. The van der Waals surface area contributed by atoms with Crippen molar-refractivity contribution in [3.8, 4) is 0 Å². The molecule has 5 rings (SSSR count). The number of halogens is 1. The van der Waals surface area contributed by atoms with Gasteiger partial charge in [-0.05, 0) is 88.2 Å². The molecule has 2 aliphatic rings. The maximum Gasteiger partial charge on any atom is 0.229 e. The first-order valence-electron chi connectivity index (χ1n) is 12.8. The van der Waals surface area contributed by atoms with E-state index in [0.29, 0.717) is 46.1 Å². The SMILES string of the molecule is Cc1cc(Nc2nc(Nc3cc(C)c(C4CCN(C5CCS(=O)(=O)CC5)CC4)cc3C)ncc2Cl)n[nH]1. The molecule has 0 aliphatic carbocycles. The van der Waals surface area contributed by atoms with Gasteiger partial charge in [-0.1, -0.05) is 17.7 Å². The molecule has 2 aromatic heterocycles. The molecule has 0 amide bonds. The maximum atomic E-state index is 11.8. The second-order valence-corrected chi connectivity index (χ2v) is 13.0. The quantitative estimate of drug-likeness (QED) is 0.397. The van der Waals surface area contributed by atoms with Crippen molar-refractivity contribution in [2.75, 3.05) is 35.2 Å². The average Bonchev–Trinajstić information content (AvgIpc) is 3.28. The molecule has 2 saturated heterocycles. The first-order valence-corrected chi connectivity index (χ1v) is 15.0. The third kappa shape index (κ3) is 6.08. The standard InChI is InChI=1S/C26H34ClN7O2S/c1-16-13-23(29-26-28-15-22(27)25(31-26)30-24-14-18(3)32-33-24)17(2)12-21(16)19-4-8-34(9-5-19)20-6-10-37(35,36)11-7-20/h12-15,19-20H,4-11H2,1-3H3,(H3,28,29,30,31,32,33). The summed E-state index contributed by atoms with van der Waals surface area (Å²) in [6, 6.07) is 6.74. The van der Waals surface area contributed by atoms with Crippen LogP contribution >= 0.6 is 11.6 Å². The molecule has 9 nitrogen and oxygen atoms in total. The van der Waals surface area contributed by atoms with E-state index in [1.807, 2.05) is 13.0 Å². The number of aromatic nitrogens is 4. The van der Waals surface area contributed by atoms with Crippen molar-refractivity contribution in [1.82, 2.24) is 25.1 Å². The molecule has 0 radical (unpaired) electrons. The molecule has 198 valence electrons. The van der Waals surface area contributed by atoms with Gasteiger partial charge in [0.1, 0.15) is 14.9 Å². The fourth-order valence-corrected chi connectivity index (χ4v) is 7.08. The highest BCUT2D eigenvalue weighted by Gasteiger charge is 2.31. The Bertz CT molecular complexity index is 1370. The first-order chi connectivity index (χ1) is 17.7. The highest BCUT2D eigenvalue weighted by molar-refractivity contribution is 7.91. The number of nitrogens with one attached hydrogen (secondary N) is 3. The summed E-state index contributed by atoms with van der Waals surface area (Å²) in [5.74, 6) is 2.76. The first kappa shape index (κ1) is 25.9. The van der Waals surface area contributed by atoms with E-state index >= 15 is 0 Å². The van der Waals surface area contributed by atoms with Crippen LogP contribution in [0.1, 0.15) is 54.0 Å². The average molecular weight is 544 g/mol. The molecule has 3 N–H and O–H groups in total. The number of hydrogen-bond acceptors (Lipinski definition) is 8. The van der Waals surface area contributed by atoms with Crippen LogP contribution < -0.4 is 10.6 Å². The Labute approximate surface area is 223 Å². The van der Waals surface area contributed by atoms with Gasteiger partial charge in [0.05, 0.1) is 17.7 Å². The van der Waals surface area contributed by atoms with E-state index < -0.39 is 9.84 Å². The van der Waals surface area contributed by atoms with Gasteiger partial charge in [0, 0.05) is 23.5 Å². The molecular weight excluding hydrogens is 510 g/mol. The zero-order valence-corrected chi connectivity index (χ0v) is 23.1. The summed E-state index contributed by atoms with van der Waals surface area (Å²) in [5, 5.41) is 14.0. The van der Waals surface area contributed by atoms with Gasteiger partial charge < -0.3 is 15.5 Å². The zero-order chi connectivity index (χ0) is 26.2. The fraction of sp³-hybridized carbons (Fsp3) is 0.500. The van der Waals surface area contributed by atoms with E-state index in [-0.39, 0.29) is 0 Å². The summed E-state index contributed by atoms with van der Waals surface area (Å²) in [5.41, 5.74) is 5.67. The number of sulfone groups is 1. The number of piperidine rings is 1. The number of rotatable bonds is 6. The minimum Gasteiger partial charge on any atom is -0.324 e. The molecule has 4 heterocycles. The lowest BCUT2D eigenvalue weighted by atomic mass is 9.85. The van der Waals surface area contributed by atoms with Crippen molar-refractivity contribution in [2.45, 2.75) is 58.4 Å². The van der Waals surface area contributed by atoms with Crippen molar-refractivity contribution >= 4 is 44.7 Å². The highest BCUT2D eigenvalue weighted by Crippen LogP contribution is 2.35. The largest absolute Gasteiger partial charge is 0.324 e. The van der Waals surface area contributed by atoms with Gasteiger partial charge in [0.25, 0.3) is 0 Å². The molecule has 0 spiro atoms. The van der Waals surface area contributed by atoms with Gasteiger partial charge in [-0.25, -0.2) is 13.4 Å². The van der Waals surface area contributed by atoms with Crippen LogP contribution in [-0.4, -0.2) is 64.1 Å². The van der Waals surface area contributed by atoms with Crippen LogP contribution in [0.25, 0.3) is 0 Å². The molecule has 0 bridgehead atoms. The Morgan fingerprint density at radius 3 is 2.41 bits per heavy atom. The number of nitrogens with zero attached hydrogens (tertiary/aromatic N) is 4. The van der Waals surface area contributed by atoms with E-state index in [9.17, 15) is 8.42 Å². The van der Waals surface area contributed by atoms with Crippen LogP contribution in [-0.2, 0) is 9.84 Å². The summed E-state index contributed by atoms with van der Waals surface area (Å²) in [6.07, 6.45) is 5.31. The summed E-state index contributed by atoms with van der Waals surface area (Å²) in [4.78, 5) is 11.4. The number of anilines is 4. The predicted octanol–water partition coefficient (Wildman–Crippen LogP) is 5.02. The second kappa shape index (κ2) is 10.6. The summed E-state index contributed by atoms with van der Waals surface area (Å²) in [7, 11) is -2.82. The molecule has 2 aliphatic heterocycles. The van der Waals surface area contributed by atoms with Gasteiger partial charge >= 0.3 is 0 Å². The molecule has 0 saturated carbocycles. The Morgan fingerprint density at radius 2 is 1.73 bits per heavy atom. The number of hydrogen-bond donors (Lipinski definition) is 3. The van der Waals surface area contributed by atoms with E-state index in [4.69, 9.17) is 11.6 Å². The van der Waals surface area contributed by atoms with Crippen LogP contribution in [0, 0.1) is 20.8 Å². The Morgan fingerprint density at radius 1 is 1.00 bits per heavy atom. The summed E-state index contributed by atoms with van der Waals surface area (Å²) < 4.78 is 23.6. The van der Waals surface area contributed by atoms with Gasteiger partial charge in [0.15, 0.2) is 11.6 Å². The maximum absolute atomic E-state index is 11.8. The van der Waals surface area contributed by atoms with E-state index in [2.05, 4.69) is 61.7 Å². The predicted molar refractivity (Wildman–Crippen MR) is 148 cm³/mol. The third-order valence-corrected chi connectivity index (χ3v) is 9.56. The normalized spacial score (nSPS) is 19.1. The number of benzene rings is 1. The highest BCUT2D eigenvalue weighted by atomic mass is 35.5. The topological polar surface area (TPSA) is 116 Å². The molecular formula is C26H34ClN7O2S. The Balaban J connectivity index is 1.24. The fourth-order valence-electron chi connectivity index (χ4n) is 5.47. The smallest absolute Gasteiger partial charge is 0.229 e. The third-order valence-electron chi connectivity index (χ3n) is 7.57. The van der Waals surface area contributed by atoms with Gasteiger partial charge in [0.2, 0.25) is 5.95 Å². The second-order valence-electron chi connectivity index (χ2n) is 10.3. The van der Waals surface area contributed by atoms with E-state index in [1.54, 1.807) is 6.20 Å². The summed E-state index contributed by atoms with van der Waals surface area (Å²) >= 11 is 6.31. The van der Waals surface area contributed by atoms with E-state index in [0.717, 1.165) is 55.7 Å². The van der Waals surface area contributed by atoms with Crippen LogP contribution in [0.5, 0.6) is 0 Å². The summed E-state index contributed by atoms with van der Waals surface area (Å²) in [6.45, 7) is 8.24. The monoisotopic (exact) mass is 543 g/mol. The Hall–Kier alpha value is -2.69. The number of aryl methyl sites for hydroxylation is 3. The number of likely N-dealkylation sites (tertiary alicyclic amines) is 1. The molecule has 3 aromatic rings. The van der Waals surface area contributed by atoms with Crippen LogP contribution in [0.4, 0.5) is 23.3 Å². The van der Waals surface area contributed by atoms with Crippen molar-refractivity contribution in [3.63, 3.8) is 0 Å². The molecule has 0 unspecified atom stereocenters. The number of aromatic amines is 1. The minimum atomic E-state index is -2.82. The van der Waals surface area contributed by atoms with Crippen LogP contribution in [0.3, 0.4) is 0 Å². The van der Waals surface area contributed by atoms with Crippen molar-refractivity contribution < 1.29 is 8.42 Å². The van der Waals surface area contributed by atoms with E-state index in [1.165, 1.54) is 11.1 Å². The van der Waals surface area contributed by atoms with Gasteiger partial charge in [-0.2, -0.15) is 10.1 Å². The molecule has 1 aromatic carbocycles. The zero-order valence-electron chi connectivity index (χ0n) is 21.5. The molecule has 11 heteroatoms. The molecule has 2 fully saturated rings. The van der Waals surface area contributed by atoms with Crippen molar-refractivity contribution in [3.05, 3.63) is 51.8 Å². The minimum absolute atomic E-state index is 0.335. The van der Waals surface area contributed by atoms with Gasteiger partial charge in [-0.15, -0.1) is 0 Å². The van der Waals surface area contributed by atoms with Crippen molar-refractivity contribution in [1.29, 1.82) is 0 Å². The Kier molecular flexibility index (Phi) is 7.42. The molecule has 0 atom stereocenters. The molecule has 37 heavy (non-hydrogen) atoms. The van der Waals surface area contributed by atoms with Crippen LogP contribution in [0.2, 0.25) is 5.02 Å². The lowest BCUT2D eigenvalue weighted by molar-refractivity contribution is 0.142. The lowest BCUT2D eigenvalue weighted by Gasteiger charge is -2.39. The van der Waals surface area contributed by atoms with Crippen LogP contribution in [0.15, 0.2) is 24.4 Å². The lowest BCUT2D eigenvalue weighted by Crippen LogP contribution is -2.45. The van der Waals surface area contributed by atoms with Gasteiger partial charge in [-0.3, -0.25) is 5.10 Å². The van der Waals surface area contributed by atoms with Crippen molar-refractivity contribution in [2.24, 2.45) is 0 Å².